The molecule has 1 unspecified atom stereocenters. The lowest BCUT2D eigenvalue weighted by Gasteiger charge is -2.18. The normalized spacial score (nSPS) is 13.4. The van der Waals surface area contributed by atoms with Gasteiger partial charge in [-0.1, -0.05) is 6.42 Å². The summed E-state index contributed by atoms with van der Waals surface area (Å²) in [4.78, 5) is 22.7. The van der Waals surface area contributed by atoms with Crippen LogP contribution in [0.25, 0.3) is 0 Å². The largest absolute Gasteiger partial charge is 0.396 e. The minimum Gasteiger partial charge on any atom is -0.396 e. The van der Waals surface area contributed by atoms with Gasteiger partial charge in [0.25, 0.3) is 0 Å². The maximum absolute atomic E-state index is 11.6. The van der Waals surface area contributed by atoms with Crippen molar-refractivity contribution in [3.8, 4) is 0 Å². The van der Waals surface area contributed by atoms with Crippen LogP contribution in [0.1, 0.15) is 46.0 Å². The Morgan fingerprint density at radius 3 is 2.00 bits per heavy atom. The number of aliphatic hydroxyl groups excluding tert-OH is 2. The molecule has 0 saturated heterocycles. The van der Waals surface area contributed by atoms with Crippen LogP contribution in [0.3, 0.4) is 0 Å². The molecule has 4 heteroatoms. The number of rotatable bonds is 10. The average molecular weight is 256 g/mol. The molecular formula is C14H24O4. The van der Waals surface area contributed by atoms with Gasteiger partial charge in [-0.2, -0.15) is 0 Å². The summed E-state index contributed by atoms with van der Waals surface area (Å²) in [6.45, 7) is 3.12. The molecule has 0 bridgehead atoms. The van der Waals surface area contributed by atoms with Gasteiger partial charge in [0.05, 0.1) is 0 Å². The molecule has 0 aromatic rings. The standard InChI is InChI=1S/C14H24O4/c1-11(17)10-14(12(2)18)13(7-5-9-16)6-3-4-8-15/h10,13,15-16H,3-9H2,1-2H3. The number of carbonyl (C=O) groups excluding carboxylic acids is 2. The number of hydrogen-bond donors (Lipinski definition) is 2. The molecule has 104 valence electrons. The summed E-state index contributed by atoms with van der Waals surface area (Å²) >= 11 is 0. The Balaban J connectivity index is 4.74. The van der Waals surface area contributed by atoms with Gasteiger partial charge >= 0.3 is 0 Å². The van der Waals surface area contributed by atoms with E-state index in [0.29, 0.717) is 24.8 Å². The zero-order valence-corrected chi connectivity index (χ0v) is 11.3. The Bertz CT molecular complexity index is 294. The van der Waals surface area contributed by atoms with Gasteiger partial charge in [-0.3, -0.25) is 9.59 Å². The van der Waals surface area contributed by atoms with E-state index >= 15 is 0 Å². The van der Waals surface area contributed by atoms with Crippen LogP contribution in [-0.4, -0.2) is 35.0 Å². The Kier molecular flexibility index (Phi) is 9.42. The maximum Gasteiger partial charge on any atom is 0.156 e. The Hall–Kier alpha value is -1.00. The number of unbranched alkanes of at least 4 members (excludes halogenated alkanes) is 1. The Morgan fingerprint density at radius 1 is 1.00 bits per heavy atom. The van der Waals surface area contributed by atoms with E-state index in [1.54, 1.807) is 0 Å². The van der Waals surface area contributed by atoms with Crippen LogP contribution in [0, 0.1) is 5.92 Å². The first-order chi connectivity index (χ1) is 8.52. The quantitative estimate of drug-likeness (QED) is 0.460. The lowest BCUT2D eigenvalue weighted by Crippen LogP contribution is -2.13. The summed E-state index contributed by atoms with van der Waals surface area (Å²) in [5.41, 5.74) is 0.550. The minimum atomic E-state index is -0.128. The second-order valence-corrected chi connectivity index (χ2v) is 4.55. The topological polar surface area (TPSA) is 74.6 Å². The molecule has 0 aromatic heterocycles. The first-order valence-corrected chi connectivity index (χ1v) is 6.47. The SMILES string of the molecule is CC(=O)C=C(C(C)=O)C(CCCO)CCCCO. The molecule has 0 radical (unpaired) electrons. The molecule has 0 fully saturated rings. The number of carbonyl (C=O) groups is 2. The predicted octanol–water partition coefficient (Wildman–Crippen LogP) is 1.64. The van der Waals surface area contributed by atoms with Crippen LogP contribution >= 0.6 is 0 Å². The van der Waals surface area contributed by atoms with E-state index in [9.17, 15) is 9.59 Å². The average Bonchev–Trinajstić information content (AvgIpc) is 2.30. The van der Waals surface area contributed by atoms with E-state index in [0.717, 1.165) is 12.8 Å². The second kappa shape index (κ2) is 9.97. The fourth-order valence-electron chi connectivity index (χ4n) is 2.02. The van der Waals surface area contributed by atoms with Crippen LogP contribution in [0.5, 0.6) is 0 Å². The van der Waals surface area contributed by atoms with E-state index in [2.05, 4.69) is 0 Å². The third-order valence-corrected chi connectivity index (χ3v) is 2.88. The van der Waals surface area contributed by atoms with E-state index in [1.165, 1.54) is 19.9 Å². The molecule has 0 heterocycles. The molecule has 4 nitrogen and oxygen atoms in total. The van der Waals surface area contributed by atoms with Crippen molar-refractivity contribution in [2.45, 2.75) is 46.0 Å². The molecule has 0 aliphatic rings. The lowest BCUT2D eigenvalue weighted by atomic mass is 9.86. The van der Waals surface area contributed by atoms with Gasteiger partial charge in [0.15, 0.2) is 11.6 Å². The van der Waals surface area contributed by atoms with Gasteiger partial charge in [0.2, 0.25) is 0 Å². The third-order valence-electron chi connectivity index (χ3n) is 2.88. The number of Topliss-reactive ketones (excluding diaryl/α,β-unsaturated/α-hetero) is 1. The van der Waals surface area contributed by atoms with Gasteiger partial charge in [-0.15, -0.1) is 0 Å². The molecule has 0 spiro atoms. The van der Waals surface area contributed by atoms with Gasteiger partial charge in [0.1, 0.15) is 0 Å². The second-order valence-electron chi connectivity index (χ2n) is 4.55. The monoisotopic (exact) mass is 256 g/mol. The summed E-state index contributed by atoms with van der Waals surface area (Å²) in [7, 11) is 0. The molecule has 0 aliphatic carbocycles. The van der Waals surface area contributed by atoms with E-state index in [-0.39, 0.29) is 30.7 Å². The Morgan fingerprint density at radius 2 is 1.56 bits per heavy atom. The number of ketones is 2. The lowest BCUT2D eigenvalue weighted by molar-refractivity contribution is -0.116. The zero-order valence-electron chi connectivity index (χ0n) is 11.3. The molecule has 0 amide bonds. The molecule has 2 N–H and O–H groups in total. The highest BCUT2D eigenvalue weighted by Gasteiger charge is 2.18. The summed E-state index contributed by atoms with van der Waals surface area (Å²) in [5.74, 6) is -0.210. The van der Waals surface area contributed by atoms with Crippen LogP contribution in [-0.2, 0) is 9.59 Å². The van der Waals surface area contributed by atoms with Crippen molar-refractivity contribution in [1.82, 2.24) is 0 Å². The fourth-order valence-corrected chi connectivity index (χ4v) is 2.02. The molecule has 1 atom stereocenters. The van der Waals surface area contributed by atoms with Crippen molar-refractivity contribution < 1.29 is 19.8 Å². The maximum atomic E-state index is 11.6. The van der Waals surface area contributed by atoms with Crippen molar-refractivity contribution in [1.29, 1.82) is 0 Å². The molecule has 18 heavy (non-hydrogen) atoms. The smallest absolute Gasteiger partial charge is 0.156 e. The van der Waals surface area contributed by atoms with Gasteiger partial charge < -0.3 is 10.2 Å². The minimum absolute atomic E-state index is 0.00472. The molecule has 0 aliphatic heterocycles. The number of allylic oxidation sites excluding steroid dienone is 2. The van der Waals surface area contributed by atoms with Crippen molar-refractivity contribution in [2.75, 3.05) is 13.2 Å². The zero-order chi connectivity index (χ0) is 14.0. The van der Waals surface area contributed by atoms with Crippen molar-refractivity contribution >= 4 is 11.6 Å². The summed E-state index contributed by atoms with van der Waals surface area (Å²) in [5, 5.41) is 17.7. The summed E-state index contributed by atoms with van der Waals surface area (Å²) in [6.07, 6.45) is 4.99. The van der Waals surface area contributed by atoms with Crippen LogP contribution in [0.15, 0.2) is 11.6 Å². The van der Waals surface area contributed by atoms with Crippen molar-refractivity contribution in [3.05, 3.63) is 11.6 Å². The van der Waals surface area contributed by atoms with Crippen molar-refractivity contribution in [2.24, 2.45) is 5.92 Å². The molecule has 0 saturated carbocycles. The molecule has 0 aromatic carbocycles. The van der Waals surface area contributed by atoms with Gasteiger partial charge in [-0.05, 0) is 51.5 Å². The Labute approximate surface area is 109 Å². The van der Waals surface area contributed by atoms with Crippen LogP contribution in [0.2, 0.25) is 0 Å². The van der Waals surface area contributed by atoms with Gasteiger partial charge in [0, 0.05) is 18.8 Å². The van der Waals surface area contributed by atoms with Crippen LogP contribution < -0.4 is 0 Å². The van der Waals surface area contributed by atoms with E-state index in [4.69, 9.17) is 10.2 Å². The van der Waals surface area contributed by atoms with Gasteiger partial charge in [-0.25, -0.2) is 0 Å². The highest BCUT2D eigenvalue weighted by atomic mass is 16.3. The van der Waals surface area contributed by atoms with Crippen molar-refractivity contribution in [3.63, 3.8) is 0 Å². The number of hydrogen-bond acceptors (Lipinski definition) is 4. The van der Waals surface area contributed by atoms with Crippen LogP contribution in [0.4, 0.5) is 0 Å². The third kappa shape index (κ3) is 7.35. The first kappa shape index (κ1) is 17.0. The predicted molar refractivity (Wildman–Crippen MR) is 70.2 cm³/mol. The highest BCUT2D eigenvalue weighted by molar-refractivity contribution is 6.01. The highest BCUT2D eigenvalue weighted by Crippen LogP contribution is 2.24. The van der Waals surface area contributed by atoms with E-state index < -0.39 is 0 Å². The summed E-state index contributed by atoms with van der Waals surface area (Å²) < 4.78 is 0. The summed E-state index contributed by atoms with van der Waals surface area (Å²) in [6, 6.07) is 0. The van der Waals surface area contributed by atoms with E-state index in [1.807, 2.05) is 0 Å². The molecular weight excluding hydrogens is 232 g/mol. The number of aliphatic hydroxyl groups is 2. The first-order valence-electron chi connectivity index (χ1n) is 6.47. The fraction of sp³-hybridized carbons (Fsp3) is 0.714. The molecule has 0 rings (SSSR count).